The maximum atomic E-state index is 12.1. The molecular weight excluding hydrogens is 386 g/mol. The Morgan fingerprint density at radius 2 is 1.93 bits per heavy atom. The van der Waals surface area contributed by atoms with Crippen molar-refractivity contribution in [1.82, 2.24) is 15.0 Å². The molecule has 1 aromatic heterocycles. The van der Waals surface area contributed by atoms with Crippen LogP contribution in [-0.2, 0) is 16.1 Å². The van der Waals surface area contributed by atoms with E-state index in [4.69, 9.17) is 19.9 Å². The number of hydrogen-bond donors (Lipinski definition) is 1. The molecule has 2 aromatic rings. The molecule has 0 radical (unpaired) electrons. The highest BCUT2D eigenvalue weighted by atomic mass is 16.5. The second-order valence-electron chi connectivity index (χ2n) is 6.59. The Hall–Kier alpha value is -3.36. The molecule has 0 aliphatic carbocycles. The lowest BCUT2D eigenvalue weighted by atomic mass is 10.2. The van der Waals surface area contributed by atoms with Crippen LogP contribution in [0.1, 0.15) is 38.1 Å². The third-order valence-corrected chi connectivity index (χ3v) is 3.87. The molecule has 0 unspecified atom stereocenters. The summed E-state index contributed by atoms with van der Waals surface area (Å²) in [7, 11) is 3.56. The Morgan fingerprint density at radius 1 is 1.13 bits per heavy atom. The second kappa shape index (κ2) is 11.6. The van der Waals surface area contributed by atoms with E-state index in [2.05, 4.69) is 21.9 Å². The average Bonchev–Trinajstić information content (AvgIpc) is 2.72. The third kappa shape index (κ3) is 7.23. The molecule has 30 heavy (non-hydrogen) atoms. The maximum Gasteiger partial charge on any atom is 0.331 e. The standard InChI is InChI=1S/C21H29N5O4/c1-5-7-12-29-16-10-8-15(13-17(16)28-6-2)9-11-19(27)30-14-18-23-20(22)25-21(24-18)26(3)4/h8-11,13H,5-7,12,14H2,1-4H3,(H2,22,23,24,25)/b11-9+. The Morgan fingerprint density at radius 3 is 2.63 bits per heavy atom. The lowest BCUT2D eigenvalue weighted by Gasteiger charge is -2.12. The van der Waals surface area contributed by atoms with Crippen molar-refractivity contribution >= 4 is 23.9 Å². The smallest absolute Gasteiger partial charge is 0.331 e. The Balaban J connectivity index is 1.99. The summed E-state index contributed by atoms with van der Waals surface area (Å²) < 4.78 is 16.6. The second-order valence-corrected chi connectivity index (χ2v) is 6.59. The number of hydrogen-bond acceptors (Lipinski definition) is 9. The largest absolute Gasteiger partial charge is 0.490 e. The summed E-state index contributed by atoms with van der Waals surface area (Å²) in [5.41, 5.74) is 6.45. The Kier molecular flexibility index (Phi) is 8.86. The summed E-state index contributed by atoms with van der Waals surface area (Å²) in [6.45, 7) is 5.06. The first-order valence-electron chi connectivity index (χ1n) is 9.85. The highest BCUT2D eigenvalue weighted by Crippen LogP contribution is 2.29. The van der Waals surface area contributed by atoms with Gasteiger partial charge in [-0.1, -0.05) is 19.4 Å². The molecule has 0 fully saturated rings. The number of unbranched alkanes of at least 4 members (excludes halogenated alkanes) is 1. The molecule has 0 spiro atoms. The van der Waals surface area contributed by atoms with Crippen molar-refractivity contribution in [2.75, 3.05) is 37.9 Å². The summed E-state index contributed by atoms with van der Waals surface area (Å²) in [5, 5.41) is 0. The van der Waals surface area contributed by atoms with Gasteiger partial charge in [0.05, 0.1) is 13.2 Å². The first kappa shape index (κ1) is 22.9. The van der Waals surface area contributed by atoms with Gasteiger partial charge in [-0.3, -0.25) is 0 Å². The number of nitrogens with two attached hydrogens (primary N) is 1. The molecule has 1 heterocycles. The van der Waals surface area contributed by atoms with Crippen LogP contribution in [0.15, 0.2) is 24.3 Å². The Bertz CT molecular complexity index is 870. The minimum atomic E-state index is -0.526. The summed E-state index contributed by atoms with van der Waals surface area (Å²) in [6.07, 6.45) is 5.01. The summed E-state index contributed by atoms with van der Waals surface area (Å²) in [4.78, 5) is 25.9. The van der Waals surface area contributed by atoms with Crippen molar-refractivity contribution in [2.45, 2.75) is 33.3 Å². The number of nitrogens with zero attached hydrogens (tertiary/aromatic N) is 4. The van der Waals surface area contributed by atoms with Crippen LogP contribution in [0.25, 0.3) is 6.08 Å². The number of carbonyl (C=O) groups is 1. The highest BCUT2D eigenvalue weighted by Gasteiger charge is 2.09. The van der Waals surface area contributed by atoms with E-state index in [-0.39, 0.29) is 18.4 Å². The minimum absolute atomic E-state index is 0.0694. The number of nitrogen functional groups attached to an aromatic ring is 1. The van der Waals surface area contributed by atoms with Crippen LogP contribution in [-0.4, -0.2) is 48.2 Å². The van der Waals surface area contributed by atoms with Gasteiger partial charge in [0.25, 0.3) is 0 Å². The number of rotatable bonds is 11. The number of esters is 1. The van der Waals surface area contributed by atoms with E-state index in [0.717, 1.165) is 18.4 Å². The van der Waals surface area contributed by atoms with Gasteiger partial charge in [0.1, 0.15) is 0 Å². The number of benzene rings is 1. The van der Waals surface area contributed by atoms with Crippen molar-refractivity contribution < 1.29 is 19.0 Å². The van der Waals surface area contributed by atoms with Crippen molar-refractivity contribution in [3.63, 3.8) is 0 Å². The van der Waals surface area contributed by atoms with Gasteiger partial charge >= 0.3 is 5.97 Å². The van der Waals surface area contributed by atoms with Crippen molar-refractivity contribution in [1.29, 1.82) is 0 Å². The van der Waals surface area contributed by atoms with Gasteiger partial charge in [-0.15, -0.1) is 0 Å². The molecule has 0 saturated carbocycles. The Labute approximate surface area is 176 Å². The van der Waals surface area contributed by atoms with Gasteiger partial charge in [0.2, 0.25) is 11.9 Å². The van der Waals surface area contributed by atoms with Crippen LogP contribution in [0.5, 0.6) is 11.5 Å². The molecule has 0 saturated heterocycles. The monoisotopic (exact) mass is 415 g/mol. The molecule has 1 aromatic carbocycles. The fourth-order valence-corrected chi connectivity index (χ4v) is 2.38. The van der Waals surface area contributed by atoms with Crippen molar-refractivity contribution in [3.8, 4) is 11.5 Å². The zero-order valence-electron chi connectivity index (χ0n) is 17.9. The molecule has 0 aliphatic rings. The van der Waals surface area contributed by atoms with Crippen molar-refractivity contribution in [3.05, 3.63) is 35.7 Å². The molecule has 0 bridgehead atoms. The molecule has 162 valence electrons. The van der Waals surface area contributed by atoms with Gasteiger partial charge < -0.3 is 24.8 Å². The zero-order valence-corrected chi connectivity index (χ0v) is 17.9. The minimum Gasteiger partial charge on any atom is -0.490 e. The zero-order chi connectivity index (χ0) is 21.9. The SMILES string of the molecule is CCCCOc1ccc(/C=C/C(=O)OCc2nc(N)nc(N(C)C)n2)cc1OCC. The summed E-state index contributed by atoms with van der Waals surface area (Å²) in [6, 6.07) is 5.51. The van der Waals surface area contributed by atoms with Gasteiger partial charge in [-0.2, -0.15) is 15.0 Å². The van der Waals surface area contributed by atoms with E-state index < -0.39 is 5.97 Å². The predicted octanol–water partition coefficient (Wildman–Crippen LogP) is 2.85. The van der Waals surface area contributed by atoms with Crippen LogP contribution >= 0.6 is 0 Å². The van der Waals surface area contributed by atoms with E-state index in [1.54, 1.807) is 25.1 Å². The first-order valence-corrected chi connectivity index (χ1v) is 9.85. The van der Waals surface area contributed by atoms with Gasteiger partial charge in [0.15, 0.2) is 23.9 Å². The molecule has 0 atom stereocenters. The predicted molar refractivity (Wildman–Crippen MR) is 115 cm³/mol. The molecule has 2 N–H and O–H groups in total. The molecular formula is C21H29N5O4. The van der Waals surface area contributed by atoms with Crippen LogP contribution < -0.4 is 20.1 Å². The lowest BCUT2D eigenvalue weighted by Crippen LogP contribution is -2.17. The van der Waals surface area contributed by atoms with E-state index in [1.807, 2.05) is 25.1 Å². The molecule has 9 heteroatoms. The maximum absolute atomic E-state index is 12.1. The summed E-state index contributed by atoms with van der Waals surface area (Å²) >= 11 is 0. The van der Waals surface area contributed by atoms with E-state index >= 15 is 0 Å². The van der Waals surface area contributed by atoms with Gasteiger partial charge in [0, 0.05) is 20.2 Å². The molecule has 0 aliphatic heterocycles. The first-order chi connectivity index (χ1) is 14.4. The van der Waals surface area contributed by atoms with Crippen LogP contribution in [0.2, 0.25) is 0 Å². The molecule has 0 amide bonds. The molecule has 9 nitrogen and oxygen atoms in total. The lowest BCUT2D eigenvalue weighted by molar-refractivity contribution is -0.139. The van der Waals surface area contributed by atoms with E-state index in [9.17, 15) is 4.79 Å². The van der Waals surface area contributed by atoms with Crippen LogP contribution in [0.3, 0.4) is 0 Å². The fourth-order valence-electron chi connectivity index (χ4n) is 2.38. The number of anilines is 2. The normalized spacial score (nSPS) is 10.8. The van der Waals surface area contributed by atoms with E-state index in [1.165, 1.54) is 6.08 Å². The van der Waals surface area contributed by atoms with Crippen LogP contribution in [0.4, 0.5) is 11.9 Å². The molecule has 2 rings (SSSR count). The van der Waals surface area contributed by atoms with Crippen LogP contribution in [0, 0.1) is 0 Å². The number of carbonyl (C=O) groups excluding carboxylic acids is 1. The van der Waals surface area contributed by atoms with E-state index in [0.29, 0.717) is 30.7 Å². The number of ether oxygens (including phenoxy) is 3. The summed E-state index contributed by atoms with van der Waals surface area (Å²) in [5.74, 6) is 1.55. The van der Waals surface area contributed by atoms with Gasteiger partial charge in [-0.05, 0) is 37.1 Å². The average molecular weight is 415 g/mol. The number of aromatic nitrogens is 3. The van der Waals surface area contributed by atoms with Gasteiger partial charge in [-0.25, -0.2) is 4.79 Å². The third-order valence-electron chi connectivity index (χ3n) is 3.87. The quantitative estimate of drug-likeness (QED) is 0.336. The fraction of sp³-hybridized carbons (Fsp3) is 0.429. The highest BCUT2D eigenvalue weighted by molar-refractivity contribution is 5.87. The van der Waals surface area contributed by atoms with Crippen molar-refractivity contribution in [2.24, 2.45) is 0 Å². The topological polar surface area (TPSA) is 113 Å².